The Kier molecular flexibility index (Phi) is 6.10. The van der Waals surface area contributed by atoms with Crippen LogP contribution in [0.5, 0.6) is 5.75 Å². The second-order valence-electron chi connectivity index (χ2n) is 6.32. The summed E-state index contributed by atoms with van der Waals surface area (Å²) < 4.78 is 6.54. The number of rotatable bonds is 5. The van der Waals surface area contributed by atoms with Gasteiger partial charge in [0.15, 0.2) is 6.61 Å². The lowest BCUT2D eigenvalue weighted by Crippen LogP contribution is -2.42. The third-order valence-electron chi connectivity index (χ3n) is 4.66. The fourth-order valence-corrected chi connectivity index (χ4v) is 3.42. The minimum absolute atomic E-state index is 0.00410. The predicted molar refractivity (Wildman–Crippen MR) is 100 cm³/mol. The van der Waals surface area contributed by atoms with Gasteiger partial charge in [0.1, 0.15) is 5.75 Å². The van der Waals surface area contributed by atoms with Crippen molar-refractivity contribution in [2.75, 3.05) is 19.7 Å². The van der Waals surface area contributed by atoms with Gasteiger partial charge in [-0.25, -0.2) is 0 Å². The Labute approximate surface area is 156 Å². The van der Waals surface area contributed by atoms with Crippen LogP contribution >= 0.6 is 15.9 Å². The highest BCUT2D eigenvalue weighted by Gasteiger charge is 2.28. The first-order valence-corrected chi connectivity index (χ1v) is 9.32. The molecule has 2 aromatic carbocycles. The summed E-state index contributed by atoms with van der Waals surface area (Å²) in [7, 11) is 0. The molecule has 1 heterocycles. The van der Waals surface area contributed by atoms with Crippen molar-refractivity contribution in [2.45, 2.75) is 18.9 Å². The maximum Gasteiger partial charge on any atom is 0.260 e. The molecule has 4 nitrogen and oxygen atoms in total. The number of likely N-dealkylation sites (tertiary alicyclic amines) is 1. The third-order valence-corrected chi connectivity index (χ3v) is 5.18. The van der Waals surface area contributed by atoms with Crippen LogP contribution in [0, 0.1) is 5.92 Å². The first kappa shape index (κ1) is 18.0. The highest BCUT2D eigenvalue weighted by Crippen LogP contribution is 2.30. The van der Waals surface area contributed by atoms with Gasteiger partial charge in [-0.1, -0.05) is 46.3 Å². The molecule has 25 heavy (non-hydrogen) atoms. The molecule has 132 valence electrons. The van der Waals surface area contributed by atoms with Gasteiger partial charge >= 0.3 is 0 Å². The first-order chi connectivity index (χ1) is 12.1. The van der Waals surface area contributed by atoms with Crippen LogP contribution in [0.1, 0.15) is 24.5 Å². The van der Waals surface area contributed by atoms with Crippen molar-refractivity contribution < 1.29 is 14.6 Å². The Morgan fingerprint density at radius 3 is 2.40 bits per heavy atom. The van der Waals surface area contributed by atoms with Crippen LogP contribution in [0.2, 0.25) is 0 Å². The number of piperidine rings is 1. The number of halogens is 1. The zero-order valence-corrected chi connectivity index (χ0v) is 15.6. The normalized spacial score (nSPS) is 16.5. The van der Waals surface area contributed by atoms with E-state index in [0.29, 0.717) is 18.8 Å². The number of benzene rings is 2. The summed E-state index contributed by atoms with van der Waals surface area (Å²) in [5.41, 5.74) is 0.950. The maximum absolute atomic E-state index is 12.3. The molecule has 1 atom stereocenters. The molecule has 1 aliphatic heterocycles. The van der Waals surface area contributed by atoms with Crippen LogP contribution in [0.25, 0.3) is 0 Å². The number of ether oxygens (including phenoxy) is 1. The van der Waals surface area contributed by atoms with E-state index in [-0.39, 0.29) is 18.4 Å². The molecule has 0 saturated carbocycles. The van der Waals surface area contributed by atoms with Crippen LogP contribution in [-0.4, -0.2) is 35.6 Å². The molecule has 0 spiro atoms. The van der Waals surface area contributed by atoms with E-state index in [1.54, 1.807) is 0 Å². The van der Waals surface area contributed by atoms with Crippen molar-refractivity contribution in [3.05, 3.63) is 64.6 Å². The summed E-state index contributed by atoms with van der Waals surface area (Å²) in [6.07, 6.45) is 1.15. The number of hydrogen-bond donors (Lipinski definition) is 1. The van der Waals surface area contributed by atoms with Gasteiger partial charge in [0.05, 0.1) is 6.10 Å². The SMILES string of the molecule is O=C(COc1ccc(Br)cc1)N1CCC([C@@H](O)c2ccccc2)CC1. The van der Waals surface area contributed by atoms with Crippen LogP contribution < -0.4 is 4.74 Å². The highest BCUT2D eigenvalue weighted by molar-refractivity contribution is 9.10. The standard InChI is InChI=1S/C20H22BrNO3/c21-17-6-8-18(9-7-17)25-14-19(23)22-12-10-16(11-13-22)20(24)15-4-2-1-3-5-15/h1-9,16,20,24H,10-14H2/t20-/m0/s1. The van der Waals surface area contributed by atoms with E-state index >= 15 is 0 Å². The first-order valence-electron chi connectivity index (χ1n) is 8.52. The smallest absolute Gasteiger partial charge is 0.260 e. The molecule has 1 N–H and O–H groups in total. The molecular weight excluding hydrogens is 382 g/mol. The van der Waals surface area contributed by atoms with E-state index in [1.807, 2.05) is 59.5 Å². The number of carbonyl (C=O) groups excluding carboxylic acids is 1. The molecule has 3 rings (SSSR count). The van der Waals surface area contributed by atoms with Crippen LogP contribution in [0.4, 0.5) is 0 Å². The summed E-state index contributed by atoms with van der Waals surface area (Å²) in [6.45, 7) is 1.38. The zero-order valence-electron chi connectivity index (χ0n) is 14.0. The van der Waals surface area contributed by atoms with E-state index in [0.717, 1.165) is 22.9 Å². The van der Waals surface area contributed by atoms with E-state index in [1.165, 1.54) is 0 Å². The Bertz CT molecular complexity index is 682. The minimum Gasteiger partial charge on any atom is -0.484 e. The molecule has 0 bridgehead atoms. The fourth-order valence-electron chi connectivity index (χ4n) is 3.15. The second-order valence-corrected chi connectivity index (χ2v) is 7.23. The van der Waals surface area contributed by atoms with Gasteiger partial charge in [-0.3, -0.25) is 4.79 Å². The predicted octanol–water partition coefficient (Wildman–Crippen LogP) is 3.80. The van der Waals surface area contributed by atoms with E-state index in [9.17, 15) is 9.90 Å². The second kappa shape index (κ2) is 8.50. The molecule has 0 radical (unpaired) electrons. The highest BCUT2D eigenvalue weighted by atomic mass is 79.9. The van der Waals surface area contributed by atoms with Crippen molar-refractivity contribution in [1.82, 2.24) is 4.90 Å². The number of nitrogens with zero attached hydrogens (tertiary/aromatic N) is 1. The van der Waals surface area contributed by atoms with Gasteiger partial charge in [-0.15, -0.1) is 0 Å². The Morgan fingerprint density at radius 1 is 1.12 bits per heavy atom. The van der Waals surface area contributed by atoms with Gasteiger partial charge in [0.25, 0.3) is 5.91 Å². The summed E-state index contributed by atoms with van der Waals surface area (Å²) >= 11 is 3.37. The quantitative estimate of drug-likeness (QED) is 0.825. The topological polar surface area (TPSA) is 49.8 Å². The van der Waals surface area contributed by atoms with Crippen LogP contribution in [0.15, 0.2) is 59.1 Å². The summed E-state index contributed by atoms with van der Waals surface area (Å²) in [4.78, 5) is 14.1. The van der Waals surface area contributed by atoms with Gasteiger partial charge < -0.3 is 14.7 Å². The fraction of sp³-hybridized carbons (Fsp3) is 0.350. The van der Waals surface area contributed by atoms with Crippen molar-refractivity contribution >= 4 is 21.8 Å². The molecule has 2 aromatic rings. The zero-order chi connectivity index (χ0) is 17.6. The van der Waals surface area contributed by atoms with Gasteiger partial charge in [-0.05, 0) is 48.6 Å². The van der Waals surface area contributed by atoms with E-state index in [4.69, 9.17) is 4.74 Å². The average Bonchev–Trinajstić information content (AvgIpc) is 2.67. The van der Waals surface area contributed by atoms with Gasteiger partial charge in [0, 0.05) is 17.6 Å². The minimum atomic E-state index is -0.461. The molecule has 1 aliphatic rings. The number of aliphatic hydroxyl groups excluding tert-OH is 1. The Morgan fingerprint density at radius 2 is 1.76 bits per heavy atom. The molecular formula is C20H22BrNO3. The number of hydrogen-bond acceptors (Lipinski definition) is 3. The molecule has 5 heteroatoms. The molecule has 1 saturated heterocycles. The van der Waals surface area contributed by atoms with Crippen molar-refractivity contribution in [3.63, 3.8) is 0 Å². The average molecular weight is 404 g/mol. The maximum atomic E-state index is 12.3. The van der Waals surface area contributed by atoms with Gasteiger partial charge in [0.2, 0.25) is 0 Å². The molecule has 1 amide bonds. The van der Waals surface area contributed by atoms with E-state index in [2.05, 4.69) is 15.9 Å². The number of amides is 1. The number of aliphatic hydroxyl groups is 1. The molecule has 0 aliphatic carbocycles. The lowest BCUT2D eigenvalue weighted by molar-refractivity contribution is -0.135. The Balaban J connectivity index is 1.46. The largest absolute Gasteiger partial charge is 0.484 e. The lowest BCUT2D eigenvalue weighted by atomic mass is 9.87. The third kappa shape index (κ3) is 4.83. The number of carbonyl (C=O) groups is 1. The lowest BCUT2D eigenvalue weighted by Gasteiger charge is -2.34. The molecule has 0 unspecified atom stereocenters. The molecule has 0 aromatic heterocycles. The van der Waals surface area contributed by atoms with Gasteiger partial charge in [-0.2, -0.15) is 0 Å². The van der Waals surface area contributed by atoms with Crippen molar-refractivity contribution in [2.24, 2.45) is 5.92 Å². The van der Waals surface area contributed by atoms with Crippen molar-refractivity contribution in [1.29, 1.82) is 0 Å². The summed E-state index contributed by atoms with van der Waals surface area (Å²) in [6, 6.07) is 17.2. The Hall–Kier alpha value is -1.85. The van der Waals surface area contributed by atoms with Crippen LogP contribution in [-0.2, 0) is 4.79 Å². The monoisotopic (exact) mass is 403 g/mol. The van der Waals surface area contributed by atoms with E-state index < -0.39 is 6.10 Å². The van der Waals surface area contributed by atoms with Crippen LogP contribution in [0.3, 0.4) is 0 Å². The summed E-state index contributed by atoms with van der Waals surface area (Å²) in [5.74, 6) is 0.875. The molecule has 1 fully saturated rings. The summed E-state index contributed by atoms with van der Waals surface area (Å²) in [5, 5.41) is 10.5. The van der Waals surface area contributed by atoms with Crippen molar-refractivity contribution in [3.8, 4) is 5.75 Å².